The summed E-state index contributed by atoms with van der Waals surface area (Å²) in [6, 6.07) is 58.0. The standard InChI is InChI=1S/C54H49N/c1-51(2,3)34-26-28-42-47(30-34)54(44-24-16-13-21-39(44)40-22-14-17-25-45(40)54)48-31-35(52(4,5)6)32-49(50(42)48)55(36-18-10-9-11-19-36)37-27-29-41-38-20-12-15-23-43(38)53(7,8)46(41)33-37/h9-33H,1-8H3. The molecule has 3 aliphatic rings. The van der Waals surface area contributed by atoms with E-state index in [0.29, 0.717) is 0 Å². The maximum atomic E-state index is 2.57. The molecule has 0 N–H and O–H groups in total. The number of benzene rings is 7. The molecule has 1 heteroatoms. The second-order valence-electron chi connectivity index (χ2n) is 18.6. The van der Waals surface area contributed by atoms with E-state index in [9.17, 15) is 0 Å². The molecular weight excluding hydrogens is 663 g/mol. The quantitative estimate of drug-likeness (QED) is 0.176. The summed E-state index contributed by atoms with van der Waals surface area (Å²) in [6.45, 7) is 18.9. The van der Waals surface area contributed by atoms with Crippen molar-refractivity contribution >= 4 is 17.1 Å². The average Bonchev–Trinajstić information content (AvgIpc) is 3.73. The van der Waals surface area contributed by atoms with Crippen molar-refractivity contribution in [2.45, 2.75) is 77.0 Å². The maximum Gasteiger partial charge on any atom is 0.0726 e. The summed E-state index contributed by atoms with van der Waals surface area (Å²) in [4.78, 5) is 2.56. The number of rotatable bonds is 3. The molecule has 7 aromatic rings. The SMILES string of the molecule is CC(C)(C)c1ccc2c(c1)C1(c3ccccc3-c3ccccc31)c1cc(C(C)(C)C)cc(N(c3ccccc3)c3ccc4c(c3)C(C)(C)c3ccccc3-4)c1-2. The molecule has 10 rings (SSSR count). The zero-order valence-corrected chi connectivity index (χ0v) is 33.4. The van der Waals surface area contributed by atoms with Crippen molar-refractivity contribution in [2.24, 2.45) is 0 Å². The van der Waals surface area contributed by atoms with E-state index < -0.39 is 5.41 Å². The van der Waals surface area contributed by atoms with Gasteiger partial charge in [0.1, 0.15) is 0 Å². The molecular formula is C54H49N. The Bertz CT molecular complexity index is 2650. The lowest BCUT2D eigenvalue weighted by Gasteiger charge is -2.34. The summed E-state index contributed by atoms with van der Waals surface area (Å²) >= 11 is 0. The molecule has 0 heterocycles. The summed E-state index contributed by atoms with van der Waals surface area (Å²) in [7, 11) is 0. The predicted octanol–water partition coefficient (Wildman–Crippen LogP) is 14.4. The van der Waals surface area contributed by atoms with Gasteiger partial charge >= 0.3 is 0 Å². The molecule has 7 aromatic carbocycles. The Morgan fingerprint density at radius 1 is 0.382 bits per heavy atom. The average molecular weight is 712 g/mol. The van der Waals surface area contributed by atoms with Crippen molar-refractivity contribution in [3.05, 3.63) is 196 Å². The van der Waals surface area contributed by atoms with Gasteiger partial charge in [-0.15, -0.1) is 0 Å². The van der Waals surface area contributed by atoms with Gasteiger partial charge in [0.25, 0.3) is 0 Å². The fraction of sp³-hybridized carbons (Fsp3) is 0.222. The van der Waals surface area contributed by atoms with Crippen LogP contribution in [0.2, 0.25) is 0 Å². The Labute approximate surface area is 327 Å². The van der Waals surface area contributed by atoms with Gasteiger partial charge in [-0.1, -0.05) is 177 Å². The lowest BCUT2D eigenvalue weighted by Crippen LogP contribution is -2.27. The summed E-state index contributed by atoms with van der Waals surface area (Å²) in [6.07, 6.45) is 0. The summed E-state index contributed by atoms with van der Waals surface area (Å²) in [5.41, 5.74) is 21.9. The molecule has 1 nitrogen and oxygen atoms in total. The van der Waals surface area contributed by atoms with Gasteiger partial charge in [-0.3, -0.25) is 0 Å². The molecule has 0 unspecified atom stereocenters. The number of para-hydroxylation sites is 1. The highest BCUT2D eigenvalue weighted by atomic mass is 15.1. The molecule has 270 valence electrons. The van der Waals surface area contributed by atoms with Crippen LogP contribution in [0.3, 0.4) is 0 Å². The molecule has 3 aliphatic carbocycles. The first-order valence-corrected chi connectivity index (χ1v) is 19.9. The second kappa shape index (κ2) is 11.4. The number of hydrogen-bond acceptors (Lipinski definition) is 1. The minimum atomic E-state index is -0.459. The Hall–Kier alpha value is -5.66. The third kappa shape index (κ3) is 4.65. The van der Waals surface area contributed by atoms with Crippen LogP contribution in [-0.4, -0.2) is 0 Å². The van der Waals surface area contributed by atoms with E-state index in [4.69, 9.17) is 0 Å². The van der Waals surface area contributed by atoms with Crippen LogP contribution in [0.25, 0.3) is 33.4 Å². The first-order valence-electron chi connectivity index (χ1n) is 19.9. The maximum absolute atomic E-state index is 2.57. The first kappa shape index (κ1) is 33.9. The second-order valence-corrected chi connectivity index (χ2v) is 18.6. The smallest absolute Gasteiger partial charge is 0.0726 e. The van der Waals surface area contributed by atoms with Gasteiger partial charge in [0.05, 0.1) is 11.1 Å². The Morgan fingerprint density at radius 3 is 1.51 bits per heavy atom. The van der Waals surface area contributed by atoms with Crippen LogP contribution in [-0.2, 0) is 21.7 Å². The number of fused-ring (bicyclic) bond motifs is 13. The monoisotopic (exact) mass is 711 g/mol. The molecule has 0 fully saturated rings. The predicted molar refractivity (Wildman–Crippen MR) is 232 cm³/mol. The molecule has 0 radical (unpaired) electrons. The van der Waals surface area contributed by atoms with Crippen LogP contribution in [0.1, 0.15) is 99.9 Å². The van der Waals surface area contributed by atoms with E-state index in [0.717, 1.165) is 5.69 Å². The lowest BCUT2D eigenvalue weighted by molar-refractivity contribution is 0.586. The number of nitrogens with zero attached hydrogens (tertiary/aromatic N) is 1. The fourth-order valence-electron chi connectivity index (χ4n) is 10.2. The number of hydrogen-bond donors (Lipinski definition) is 0. The summed E-state index contributed by atoms with van der Waals surface area (Å²) < 4.78 is 0. The molecule has 0 aromatic heterocycles. The van der Waals surface area contributed by atoms with Crippen LogP contribution in [0.15, 0.2) is 152 Å². The zero-order valence-electron chi connectivity index (χ0n) is 33.4. The largest absolute Gasteiger partial charge is 0.310 e. The van der Waals surface area contributed by atoms with Gasteiger partial charge < -0.3 is 4.90 Å². The zero-order chi connectivity index (χ0) is 38.1. The fourth-order valence-corrected chi connectivity index (χ4v) is 10.2. The number of anilines is 3. The first-order chi connectivity index (χ1) is 26.3. The van der Waals surface area contributed by atoms with E-state index in [1.807, 2.05) is 0 Å². The van der Waals surface area contributed by atoms with Gasteiger partial charge in [0, 0.05) is 22.4 Å². The highest BCUT2D eigenvalue weighted by Gasteiger charge is 2.53. The van der Waals surface area contributed by atoms with Crippen molar-refractivity contribution in [2.75, 3.05) is 4.90 Å². The minimum absolute atomic E-state index is 0.00704. The highest BCUT2D eigenvalue weighted by Crippen LogP contribution is 2.66. The van der Waals surface area contributed by atoms with Crippen LogP contribution in [0, 0.1) is 0 Å². The summed E-state index contributed by atoms with van der Waals surface area (Å²) in [5, 5.41) is 0. The van der Waals surface area contributed by atoms with Gasteiger partial charge in [-0.25, -0.2) is 0 Å². The van der Waals surface area contributed by atoms with Crippen LogP contribution in [0.5, 0.6) is 0 Å². The van der Waals surface area contributed by atoms with Crippen LogP contribution < -0.4 is 4.90 Å². The molecule has 1 spiro atoms. The van der Waals surface area contributed by atoms with Crippen molar-refractivity contribution < 1.29 is 0 Å². The van der Waals surface area contributed by atoms with Crippen molar-refractivity contribution in [3.63, 3.8) is 0 Å². The Balaban J connectivity index is 1.34. The van der Waals surface area contributed by atoms with Gasteiger partial charge in [0.15, 0.2) is 0 Å². The van der Waals surface area contributed by atoms with Crippen LogP contribution in [0.4, 0.5) is 17.1 Å². The van der Waals surface area contributed by atoms with E-state index in [1.54, 1.807) is 0 Å². The van der Waals surface area contributed by atoms with E-state index in [2.05, 4.69) is 212 Å². The van der Waals surface area contributed by atoms with Crippen molar-refractivity contribution in [1.82, 2.24) is 0 Å². The van der Waals surface area contributed by atoms with E-state index in [1.165, 1.54) is 89.3 Å². The molecule has 0 aliphatic heterocycles. The highest BCUT2D eigenvalue weighted by molar-refractivity contribution is 6.02. The van der Waals surface area contributed by atoms with E-state index >= 15 is 0 Å². The van der Waals surface area contributed by atoms with Gasteiger partial charge in [0.2, 0.25) is 0 Å². The molecule has 0 atom stereocenters. The third-order valence-electron chi connectivity index (χ3n) is 13.0. The Morgan fingerprint density at radius 2 is 0.891 bits per heavy atom. The van der Waals surface area contributed by atoms with Crippen molar-refractivity contribution in [1.29, 1.82) is 0 Å². The van der Waals surface area contributed by atoms with Gasteiger partial charge in [-0.2, -0.15) is 0 Å². The topological polar surface area (TPSA) is 3.24 Å². The molecule has 0 saturated carbocycles. The van der Waals surface area contributed by atoms with Gasteiger partial charge in [-0.05, 0) is 113 Å². The van der Waals surface area contributed by atoms with Crippen molar-refractivity contribution in [3.8, 4) is 33.4 Å². The lowest BCUT2D eigenvalue weighted by atomic mass is 9.68. The van der Waals surface area contributed by atoms with E-state index in [-0.39, 0.29) is 16.2 Å². The normalized spacial score (nSPS) is 15.2. The molecule has 0 bridgehead atoms. The third-order valence-corrected chi connectivity index (χ3v) is 13.0. The minimum Gasteiger partial charge on any atom is -0.310 e. The molecule has 0 saturated heterocycles. The Kier molecular flexibility index (Phi) is 7.04. The summed E-state index contributed by atoms with van der Waals surface area (Å²) in [5.74, 6) is 0. The molecule has 0 amide bonds. The van der Waals surface area contributed by atoms with Crippen LogP contribution >= 0.6 is 0 Å². The molecule has 55 heavy (non-hydrogen) atoms.